The number of rotatable bonds is 6. The maximum atomic E-state index is 12.6. The lowest BCUT2D eigenvalue weighted by molar-refractivity contribution is -0.122. The van der Waals surface area contributed by atoms with Crippen LogP contribution in [0.1, 0.15) is 67.3 Å². The van der Waals surface area contributed by atoms with Crippen LogP contribution in [0.5, 0.6) is 0 Å². The van der Waals surface area contributed by atoms with Gasteiger partial charge in [-0.25, -0.2) is 5.43 Å². The standard InChI is InChI=1S/C27H28BrN3O3/c1-16(17-7-11-20(12-8-17)29-26(33)23-13-14-24(28)34-23)30-31-25(32)22-15-21(22)18-5-9-19(10-6-18)27(2,3)4/h5-14,21-22H,15H2,1-4H3,(H,29,33)(H,31,32)/b30-16+/t21-,22+/m0/s1. The van der Waals surface area contributed by atoms with Gasteiger partial charge in [0, 0.05) is 11.6 Å². The van der Waals surface area contributed by atoms with Crippen molar-refractivity contribution in [2.75, 3.05) is 5.32 Å². The van der Waals surface area contributed by atoms with Gasteiger partial charge in [0.25, 0.3) is 5.91 Å². The molecule has 34 heavy (non-hydrogen) atoms. The highest BCUT2D eigenvalue weighted by atomic mass is 79.9. The molecule has 0 aliphatic heterocycles. The minimum Gasteiger partial charge on any atom is -0.444 e. The number of amides is 2. The molecule has 0 spiro atoms. The summed E-state index contributed by atoms with van der Waals surface area (Å²) in [4.78, 5) is 24.8. The first kappa shape index (κ1) is 24.0. The lowest BCUT2D eigenvalue weighted by Crippen LogP contribution is -2.21. The quantitative estimate of drug-likeness (QED) is 0.297. The highest BCUT2D eigenvalue weighted by molar-refractivity contribution is 9.10. The molecule has 1 aliphatic rings. The molecule has 1 heterocycles. The molecule has 2 amide bonds. The number of carbonyl (C=O) groups is 2. The lowest BCUT2D eigenvalue weighted by Gasteiger charge is -2.19. The number of benzene rings is 2. The lowest BCUT2D eigenvalue weighted by atomic mass is 9.86. The Morgan fingerprint density at radius 3 is 2.26 bits per heavy atom. The summed E-state index contributed by atoms with van der Waals surface area (Å²) in [6, 6.07) is 19.1. The molecule has 0 bridgehead atoms. The van der Waals surface area contributed by atoms with Crippen molar-refractivity contribution in [2.24, 2.45) is 11.0 Å². The van der Waals surface area contributed by atoms with Gasteiger partial charge in [-0.15, -0.1) is 0 Å². The molecule has 0 saturated heterocycles. The van der Waals surface area contributed by atoms with E-state index in [1.807, 2.05) is 19.1 Å². The zero-order valence-electron chi connectivity index (χ0n) is 19.7. The maximum Gasteiger partial charge on any atom is 0.291 e. The van der Waals surface area contributed by atoms with Crippen LogP contribution in [0.2, 0.25) is 0 Å². The van der Waals surface area contributed by atoms with Crippen LogP contribution < -0.4 is 10.7 Å². The molecule has 176 valence electrons. The Morgan fingerprint density at radius 1 is 1.00 bits per heavy atom. The zero-order valence-corrected chi connectivity index (χ0v) is 21.3. The van der Waals surface area contributed by atoms with Gasteiger partial charge in [-0.1, -0.05) is 57.2 Å². The number of hydrogen-bond acceptors (Lipinski definition) is 4. The third-order valence-corrected chi connectivity index (χ3v) is 6.45. The smallest absolute Gasteiger partial charge is 0.291 e. The fourth-order valence-electron chi connectivity index (χ4n) is 3.79. The second kappa shape index (κ2) is 9.58. The van der Waals surface area contributed by atoms with Crippen molar-refractivity contribution in [3.05, 3.63) is 87.8 Å². The van der Waals surface area contributed by atoms with Crippen LogP contribution >= 0.6 is 15.9 Å². The number of hydrogen-bond donors (Lipinski definition) is 2. The van der Waals surface area contributed by atoms with Gasteiger partial charge in [-0.3, -0.25) is 9.59 Å². The molecule has 1 saturated carbocycles. The van der Waals surface area contributed by atoms with Gasteiger partial charge in [0.05, 0.1) is 5.71 Å². The molecule has 6 nitrogen and oxygen atoms in total. The second-order valence-electron chi connectivity index (χ2n) is 9.63. The minimum absolute atomic E-state index is 0.0451. The molecular weight excluding hydrogens is 494 g/mol. The Kier molecular flexibility index (Phi) is 6.75. The van der Waals surface area contributed by atoms with E-state index < -0.39 is 0 Å². The number of anilines is 1. The average Bonchev–Trinajstić information content (AvgIpc) is 3.50. The van der Waals surface area contributed by atoms with E-state index in [0.29, 0.717) is 16.1 Å². The van der Waals surface area contributed by atoms with Crippen molar-refractivity contribution in [3.63, 3.8) is 0 Å². The number of hydrazone groups is 1. The molecule has 1 fully saturated rings. The molecule has 0 unspecified atom stereocenters. The van der Waals surface area contributed by atoms with Gasteiger partial charge in [0.15, 0.2) is 10.4 Å². The van der Waals surface area contributed by atoms with Crippen molar-refractivity contribution in [3.8, 4) is 0 Å². The first-order valence-corrected chi connectivity index (χ1v) is 12.0. The van der Waals surface area contributed by atoms with Crippen molar-refractivity contribution < 1.29 is 14.0 Å². The van der Waals surface area contributed by atoms with Crippen LogP contribution in [-0.4, -0.2) is 17.5 Å². The summed E-state index contributed by atoms with van der Waals surface area (Å²) in [5.74, 6) is 0.0410. The topological polar surface area (TPSA) is 83.7 Å². The molecule has 2 N–H and O–H groups in total. The summed E-state index contributed by atoms with van der Waals surface area (Å²) in [5, 5.41) is 7.06. The molecule has 1 aromatic heterocycles. The molecule has 2 atom stereocenters. The predicted octanol–water partition coefficient (Wildman–Crippen LogP) is 6.24. The summed E-state index contributed by atoms with van der Waals surface area (Å²) in [7, 11) is 0. The van der Waals surface area contributed by atoms with E-state index >= 15 is 0 Å². The fraction of sp³-hybridized carbons (Fsp3) is 0.296. The molecule has 3 aromatic rings. The Labute approximate surface area is 208 Å². The van der Waals surface area contributed by atoms with Gasteiger partial charge in [0.1, 0.15) is 0 Å². The fourth-order valence-corrected chi connectivity index (χ4v) is 4.10. The summed E-state index contributed by atoms with van der Waals surface area (Å²) in [6.45, 7) is 8.42. The first-order chi connectivity index (χ1) is 16.1. The van der Waals surface area contributed by atoms with Crippen LogP contribution in [0.3, 0.4) is 0 Å². The maximum absolute atomic E-state index is 12.6. The zero-order chi connectivity index (χ0) is 24.5. The van der Waals surface area contributed by atoms with E-state index in [1.54, 1.807) is 24.3 Å². The molecule has 0 radical (unpaired) electrons. The van der Waals surface area contributed by atoms with Gasteiger partial charge >= 0.3 is 0 Å². The van der Waals surface area contributed by atoms with Gasteiger partial charge in [0.2, 0.25) is 5.91 Å². The number of furan rings is 1. The summed E-state index contributed by atoms with van der Waals surface area (Å²) < 4.78 is 5.76. The second-order valence-corrected chi connectivity index (χ2v) is 10.4. The number of nitrogens with zero attached hydrogens (tertiary/aromatic N) is 1. The Bertz CT molecular complexity index is 1220. The van der Waals surface area contributed by atoms with E-state index in [-0.39, 0.29) is 34.8 Å². The van der Waals surface area contributed by atoms with Crippen LogP contribution in [-0.2, 0) is 10.2 Å². The van der Waals surface area contributed by atoms with Crippen molar-refractivity contribution >= 4 is 39.1 Å². The summed E-state index contributed by atoms with van der Waals surface area (Å²) in [5.41, 5.74) is 7.49. The van der Waals surface area contributed by atoms with Crippen molar-refractivity contribution in [2.45, 2.75) is 45.4 Å². The van der Waals surface area contributed by atoms with Crippen molar-refractivity contribution in [1.29, 1.82) is 0 Å². The van der Waals surface area contributed by atoms with E-state index in [0.717, 1.165) is 12.0 Å². The highest BCUT2D eigenvalue weighted by Crippen LogP contribution is 2.47. The normalized spacial score (nSPS) is 17.9. The Hall–Kier alpha value is -3.19. The van der Waals surface area contributed by atoms with Gasteiger partial charge < -0.3 is 9.73 Å². The largest absolute Gasteiger partial charge is 0.444 e. The molecule has 2 aromatic carbocycles. The molecule has 7 heteroatoms. The molecule has 1 aliphatic carbocycles. The monoisotopic (exact) mass is 521 g/mol. The third-order valence-electron chi connectivity index (χ3n) is 6.02. The van der Waals surface area contributed by atoms with E-state index in [1.165, 1.54) is 11.1 Å². The molecule has 4 rings (SSSR count). The average molecular weight is 522 g/mol. The summed E-state index contributed by atoms with van der Waals surface area (Å²) in [6.07, 6.45) is 0.843. The highest BCUT2D eigenvalue weighted by Gasteiger charge is 2.44. The third kappa shape index (κ3) is 5.65. The first-order valence-electron chi connectivity index (χ1n) is 11.2. The Balaban J connectivity index is 1.31. The van der Waals surface area contributed by atoms with E-state index in [4.69, 9.17) is 4.42 Å². The number of nitrogens with one attached hydrogen (secondary N) is 2. The van der Waals surface area contributed by atoms with Crippen LogP contribution in [0.25, 0.3) is 0 Å². The van der Waals surface area contributed by atoms with Crippen LogP contribution in [0, 0.1) is 5.92 Å². The Morgan fingerprint density at radius 2 is 1.68 bits per heavy atom. The SMILES string of the molecule is C/C(=N\NC(=O)[C@@H]1C[C@H]1c1ccc(C(C)(C)C)cc1)c1ccc(NC(=O)c2ccc(Br)o2)cc1. The van der Waals surface area contributed by atoms with Crippen LogP contribution in [0.15, 0.2) is 74.9 Å². The number of carbonyl (C=O) groups excluding carboxylic acids is 2. The predicted molar refractivity (Wildman–Crippen MR) is 137 cm³/mol. The van der Waals surface area contributed by atoms with E-state index in [2.05, 4.69) is 76.8 Å². The van der Waals surface area contributed by atoms with Crippen molar-refractivity contribution in [1.82, 2.24) is 5.43 Å². The molecular formula is C27H28BrN3O3. The van der Waals surface area contributed by atoms with Crippen LogP contribution in [0.4, 0.5) is 5.69 Å². The van der Waals surface area contributed by atoms with Gasteiger partial charge in [-0.2, -0.15) is 5.10 Å². The number of halogens is 1. The van der Waals surface area contributed by atoms with E-state index in [9.17, 15) is 9.59 Å². The van der Waals surface area contributed by atoms with Gasteiger partial charge in [-0.05, 0) is 81.6 Å². The minimum atomic E-state index is -0.330. The summed E-state index contributed by atoms with van der Waals surface area (Å²) >= 11 is 3.18.